The van der Waals surface area contributed by atoms with Gasteiger partial charge in [-0.15, -0.1) is 11.3 Å². The standard InChI is InChI=1S/C12H17N3OS2/c1-4-13-12-14-9-5-6-17-10(9)11(15-12)18-8(3)7(2)16/h5-8,16H,4H2,1-3H3,(H,13,14,15). The average Bonchev–Trinajstić information content (AvgIpc) is 2.77. The molecule has 0 bridgehead atoms. The highest BCUT2D eigenvalue weighted by Gasteiger charge is 2.16. The Kier molecular flexibility index (Phi) is 4.42. The van der Waals surface area contributed by atoms with Crippen molar-refractivity contribution in [3.05, 3.63) is 11.4 Å². The molecule has 0 fully saturated rings. The lowest BCUT2D eigenvalue weighted by atomic mass is 10.3. The molecule has 98 valence electrons. The van der Waals surface area contributed by atoms with Gasteiger partial charge in [-0.05, 0) is 25.3 Å². The van der Waals surface area contributed by atoms with E-state index in [0.29, 0.717) is 5.95 Å². The molecule has 6 heteroatoms. The van der Waals surface area contributed by atoms with Crippen LogP contribution in [0.1, 0.15) is 20.8 Å². The van der Waals surface area contributed by atoms with Crippen LogP contribution in [-0.4, -0.2) is 33.0 Å². The van der Waals surface area contributed by atoms with Crippen molar-refractivity contribution < 1.29 is 5.11 Å². The Hall–Kier alpha value is -0.850. The quantitative estimate of drug-likeness (QED) is 0.652. The Labute approximate surface area is 115 Å². The Morgan fingerprint density at radius 3 is 2.89 bits per heavy atom. The Balaban J connectivity index is 2.37. The highest BCUT2D eigenvalue weighted by atomic mass is 32.2. The molecule has 4 nitrogen and oxygen atoms in total. The summed E-state index contributed by atoms with van der Waals surface area (Å²) in [7, 11) is 0. The van der Waals surface area contributed by atoms with E-state index in [-0.39, 0.29) is 11.4 Å². The summed E-state index contributed by atoms with van der Waals surface area (Å²) in [5, 5.41) is 15.8. The van der Waals surface area contributed by atoms with Crippen LogP contribution in [0.15, 0.2) is 16.5 Å². The van der Waals surface area contributed by atoms with Crippen LogP contribution in [0.5, 0.6) is 0 Å². The number of thioether (sulfide) groups is 1. The van der Waals surface area contributed by atoms with Crippen molar-refractivity contribution in [1.82, 2.24) is 9.97 Å². The molecule has 0 amide bonds. The molecule has 2 atom stereocenters. The molecule has 0 aliphatic carbocycles. The second-order valence-electron chi connectivity index (χ2n) is 4.08. The summed E-state index contributed by atoms with van der Waals surface area (Å²) in [6.07, 6.45) is -0.359. The first-order chi connectivity index (χ1) is 8.61. The van der Waals surface area contributed by atoms with E-state index in [0.717, 1.165) is 21.8 Å². The van der Waals surface area contributed by atoms with Gasteiger partial charge in [-0.1, -0.05) is 18.7 Å². The molecule has 2 rings (SSSR count). The summed E-state index contributed by atoms with van der Waals surface area (Å²) in [6.45, 7) is 6.62. The fourth-order valence-electron chi connectivity index (χ4n) is 1.43. The lowest BCUT2D eigenvalue weighted by molar-refractivity contribution is 0.196. The number of nitrogens with zero attached hydrogens (tertiary/aromatic N) is 2. The number of anilines is 1. The highest BCUT2D eigenvalue weighted by Crippen LogP contribution is 2.33. The molecule has 0 aliphatic heterocycles. The molecule has 0 saturated carbocycles. The number of hydrogen-bond acceptors (Lipinski definition) is 6. The predicted octanol–water partition coefficient (Wildman–Crippen LogP) is 2.98. The molecule has 2 N–H and O–H groups in total. The normalized spacial score (nSPS) is 14.7. The zero-order valence-electron chi connectivity index (χ0n) is 10.7. The van der Waals surface area contributed by atoms with Crippen LogP contribution in [0.3, 0.4) is 0 Å². The molecular weight excluding hydrogens is 266 g/mol. The van der Waals surface area contributed by atoms with Gasteiger partial charge in [-0.3, -0.25) is 0 Å². The van der Waals surface area contributed by atoms with Gasteiger partial charge in [0.05, 0.1) is 16.3 Å². The van der Waals surface area contributed by atoms with Gasteiger partial charge in [-0.2, -0.15) is 0 Å². The lowest BCUT2D eigenvalue weighted by Crippen LogP contribution is -2.15. The number of nitrogens with one attached hydrogen (secondary N) is 1. The molecule has 2 aromatic rings. The fraction of sp³-hybridized carbons (Fsp3) is 0.500. The van der Waals surface area contributed by atoms with Gasteiger partial charge in [-0.25, -0.2) is 9.97 Å². The number of fused-ring (bicyclic) bond motifs is 1. The first-order valence-corrected chi connectivity index (χ1v) is 7.71. The van der Waals surface area contributed by atoms with Gasteiger partial charge in [0, 0.05) is 11.8 Å². The van der Waals surface area contributed by atoms with E-state index in [2.05, 4.69) is 15.3 Å². The molecule has 0 spiro atoms. The number of thiophene rings is 1. The van der Waals surface area contributed by atoms with E-state index in [1.54, 1.807) is 30.0 Å². The fourth-order valence-corrected chi connectivity index (χ4v) is 3.33. The van der Waals surface area contributed by atoms with Crippen molar-refractivity contribution >= 4 is 39.3 Å². The van der Waals surface area contributed by atoms with Crippen LogP contribution in [-0.2, 0) is 0 Å². The molecule has 0 saturated heterocycles. The van der Waals surface area contributed by atoms with Gasteiger partial charge in [0.2, 0.25) is 5.95 Å². The second kappa shape index (κ2) is 5.86. The van der Waals surface area contributed by atoms with Gasteiger partial charge in [0.25, 0.3) is 0 Å². The van der Waals surface area contributed by atoms with Crippen molar-refractivity contribution in [3.8, 4) is 0 Å². The number of hydrogen-bond donors (Lipinski definition) is 2. The van der Waals surface area contributed by atoms with Crippen LogP contribution in [0.4, 0.5) is 5.95 Å². The number of aromatic nitrogens is 2. The van der Waals surface area contributed by atoms with Crippen LogP contribution in [0, 0.1) is 0 Å². The van der Waals surface area contributed by atoms with Gasteiger partial charge < -0.3 is 10.4 Å². The molecule has 2 unspecified atom stereocenters. The maximum Gasteiger partial charge on any atom is 0.224 e. The average molecular weight is 283 g/mol. The first-order valence-electron chi connectivity index (χ1n) is 5.95. The minimum atomic E-state index is -0.359. The van der Waals surface area contributed by atoms with E-state index in [1.165, 1.54) is 0 Å². The van der Waals surface area contributed by atoms with E-state index < -0.39 is 0 Å². The molecule has 2 heterocycles. The monoisotopic (exact) mass is 283 g/mol. The third kappa shape index (κ3) is 2.93. The summed E-state index contributed by atoms with van der Waals surface area (Å²) >= 11 is 3.23. The SMILES string of the molecule is CCNc1nc(SC(C)C(C)O)c2sccc2n1. The zero-order chi connectivity index (χ0) is 13.1. The van der Waals surface area contributed by atoms with Crippen molar-refractivity contribution in [2.75, 3.05) is 11.9 Å². The predicted molar refractivity (Wildman–Crippen MR) is 78.6 cm³/mol. The minimum absolute atomic E-state index is 0.111. The topological polar surface area (TPSA) is 58.0 Å². The van der Waals surface area contributed by atoms with Crippen LogP contribution in [0.2, 0.25) is 0 Å². The van der Waals surface area contributed by atoms with Crippen LogP contribution >= 0.6 is 23.1 Å². The van der Waals surface area contributed by atoms with E-state index >= 15 is 0 Å². The van der Waals surface area contributed by atoms with Crippen molar-refractivity contribution in [2.45, 2.75) is 37.2 Å². The lowest BCUT2D eigenvalue weighted by Gasteiger charge is -2.14. The molecule has 2 aromatic heterocycles. The number of rotatable bonds is 5. The summed E-state index contributed by atoms with van der Waals surface area (Å²) in [5.74, 6) is 0.656. The van der Waals surface area contributed by atoms with E-state index in [1.807, 2.05) is 25.3 Å². The molecule has 0 aromatic carbocycles. The van der Waals surface area contributed by atoms with Crippen molar-refractivity contribution in [2.24, 2.45) is 0 Å². The molecule has 0 aliphatic rings. The zero-order valence-corrected chi connectivity index (χ0v) is 12.3. The summed E-state index contributed by atoms with van der Waals surface area (Å²) in [6, 6.07) is 2.00. The first kappa shape index (κ1) is 13.6. The van der Waals surface area contributed by atoms with E-state index in [4.69, 9.17) is 0 Å². The van der Waals surface area contributed by atoms with Gasteiger partial charge in [0.1, 0.15) is 5.03 Å². The maximum absolute atomic E-state index is 9.60. The Morgan fingerprint density at radius 1 is 1.44 bits per heavy atom. The van der Waals surface area contributed by atoms with Crippen molar-refractivity contribution in [1.29, 1.82) is 0 Å². The summed E-state index contributed by atoms with van der Waals surface area (Å²) in [5.41, 5.74) is 0.964. The highest BCUT2D eigenvalue weighted by molar-refractivity contribution is 8.00. The molecule has 18 heavy (non-hydrogen) atoms. The number of aliphatic hydroxyl groups excluding tert-OH is 1. The van der Waals surface area contributed by atoms with Crippen LogP contribution in [0.25, 0.3) is 10.2 Å². The minimum Gasteiger partial charge on any atom is -0.392 e. The third-order valence-corrected chi connectivity index (χ3v) is 4.91. The number of aliphatic hydroxyl groups is 1. The largest absolute Gasteiger partial charge is 0.392 e. The summed E-state index contributed by atoms with van der Waals surface area (Å²) in [4.78, 5) is 8.98. The maximum atomic E-state index is 9.60. The summed E-state index contributed by atoms with van der Waals surface area (Å²) < 4.78 is 1.09. The van der Waals surface area contributed by atoms with Crippen molar-refractivity contribution in [3.63, 3.8) is 0 Å². The smallest absolute Gasteiger partial charge is 0.224 e. The second-order valence-corrected chi connectivity index (χ2v) is 6.36. The van der Waals surface area contributed by atoms with Crippen LogP contribution < -0.4 is 5.32 Å². The molecule has 0 radical (unpaired) electrons. The molecular formula is C12H17N3OS2. The van der Waals surface area contributed by atoms with Gasteiger partial charge >= 0.3 is 0 Å². The van der Waals surface area contributed by atoms with E-state index in [9.17, 15) is 5.11 Å². The van der Waals surface area contributed by atoms with Gasteiger partial charge in [0.15, 0.2) is 0 Å². The Morgan fingerprint density at radius 2 is 2.22 bits per heavy atom. The third-order valence-electron chi connectivity index (χ3n) is 2.58. The Bertz CT molecular complexity index is 527.